The Morgan fingerprint density at radius 2 is 1.72 bits per heavy atom. The average Bonchev–Trinajstić information content (AvgIpc) is 3.59. The number of aryl methyl sites for hydroxylation is 1. The van der Waals surface area contributed by atoms with Gasteiger partial charge in [-0.15, -0.1) is 0 Å². The van der Waals surface area contributed by atoms with Crippen LogP contribution in [-0.2, 0) is 17.9 Å². The summed E-state index contributed by atoms with van der Waals surface area (Å²) in [5.74, 6) is 1.61. The number of halogens is 2. The van der Waals surface area contributed by atoms with Crippen molar-refractivity contribution in [2.45, 2.75) is 45.7 Å². The third-order valence-electron chi connectivity index (χ3n) is 7.12. The smallest absolute Gasteiger partial charge is 0.227 e. The SMILES string of the molecule is COc1ccc(Oc2c(CN(Cc3ccc(F)cc3)C(=O)C3CCCC3)c(C)nn2-c2cccc(Cl)c2)cc1. The molecule has 39 heavy (non-hydrogen) atoms. The van der Waals surface area contributed by atoms with Crippen molar-refractivity contribution in [3.8, 4) is 23.1 Å². The largest absolute Gasteiger partial charge is 0.497 e. The van der Waals surface area contributed by atoms with Gasteiger partial charge in [0.1, 0.15) is 17.3 Å². The number of rotatable bonds is 9. The summed E-state index contributed by atoms with van der Waals surface area (Å²) in [5, 5.41) is 5.38. The van der Waals surface area contributed by atoms with Crippen molar-refractivity contribution < 1.29 is 18.7 Å². The molecule has 1 heterocycles. The highest BCUT2D eigenvalue weighted by Gasteiger charge is 2.30. The summed E-state index contributed by atoms with van der Waals surface area (Å²) in [6.45, 7) is 2.57. The minimum Gasteiger partial charge on any atom is -0.497 e. The van der Waals surface area contributed by atoms with E-state index in [1.54, 1.807) is 30.0 Å². The van der Waals surface area contributed by atoms with E-state index in [-0.39, 0.29) is 17.6 Å². The number of hydrogen-bond acceptors (Lipinski definition) is 4. The molecule has 3 aromatic carbocycles. The van der Waals surface area contributed by atoms with E-state index >= 15 is 0 Å². The second-order valence-electron chi connectivity index (χ2n) is 9.84. The highest BCUT2D eigenvalue weighted by Crippen LogP contribution is 2.34. The lowest BCUT2D eigenvalue weighted by molar-refractivity contribution is -0.136. The van der Waals surface area contributed by atoms with Crippen LogP contribution in [0.1, 0.15) is 42.5 Å². The van der Waals surface area contributed by atoms with Gasteiger partial charge in [0.05, 0.1) is 30.6 Å². The molecule has 0 radical (unpaired) electrons. The molecule has 1 amide bonds. The second-order valence-corrected chi connectivity index (χ2v) is 10.3. The molecule has 1 aromatic heterocycles. The Labute approximate surface area is 232 Å². The number of benzene rings is 3. The van der Waals surface area contributed by atoms with Gasteiger partial charge in [0.2, 0.25) is 11.8 Å². The van der Waals surface area contributed by atoms with Crippen LogP contribution >= 0.6 is 11.6 Å². The number of amides is 1. The number of methoxy groups -OCH3 is 1. The van der Waals surface area contributed by atoms with Crippen molar-refractivity contribution >= 4 is 17.5 Å². The molecule has 0 aliphatic heterocycles. The Hall–Kier alpha value is -3.84. The van der Waals surface area contributed by atoms with Gasteiger partial charge < -0.3 is 14.4 Å². The molecular formula is C31H31ClFN3O3. The van der Waals surface area contributed by atoms with Gasteiger partial charge in [-0.2, -0.15) is 5.10 Å². The van der Waals surface area contributed by atoms with Crippen molar-refractivity contribution in [3.05, 3.63) is 100 Å². The van der Waals surface area contributed by atoms with Crippen molar-refractivity contribution in [2.75, 3.05) is 7.11 Å². The molecule has 0 bridgehead atoms. The molecule has 1 aliphatic rings. The van der Waals surface area contributed by atoms with Crippen LogP contribution in [0.25, 0.3) is 5.69 Å². The van der Waals surface area contributed by atoms with Crippen molar-refractivity contribution in [1.29, 1.82) is 0 Å². The van der Waals surface area contributed by atoms with Gasteiger partial charge >= 0.3 is 0 Å². The molecular weight excluding hydrogens is 517 g/mol. The molecule has 0 saturated heterocycles. The van der Waals surface area contributed by atoms with E-state index in [4.69, 9.17) is 26.2 Å². The summed E-state index contributed by atoms with van der Waals surface area (Å²) in [7, 11) is 1.61. The molecule has 0 spiro atoms. The first-order chi connectivity index (χ1) is 18.9. The summed E-state index contributed by atoms with van der Waals surface area (Å²) in [5.41, 5.74) is 3.13. The number of ether oxygens (including phenoxy) is 2. The Kier molecular flexibility index (Phi) is 8.17. The van der Waals surface area contributed by atoms with E-state index < -0.39 is 0 Å². The number of carbonyl (C=O) groups excluding carboxylic acids is 1. The molecule has 1 saturated carbocycles. The first-order valence-electron chi connectivity index (χ1n) is 13.1. The molecule has 5 rings (SSSR count). The molecule has 202 valence electrons. The van der Waals surface area contributed by atoms with E-state index in [9.17, 15) is 9.18 Å². The predicted octanol–water partition coefficient (Wildman–Crippen LogP) is 7.49. The van der Waals surface area contributed by atoms with E-state index in [2.05, 4.69) is 0 Å². The molecule has 1 fully saturated rings. The van der Waals surface area contributed by atoms with Crippen LogP contribution in [0, 0.1) is 18.7 Å². The normalized spacial score (nSPS) is 13.4. The minimum absolute atomic E-state index is 0.0142. The lowest BCUT2D eigenvalue weighted by Gasteiger charge is -2.26. The predicted molar refractivity (Wildman–Crippen MR) is 149 cm³/mol. The molecule has 0 atom stereocenters. The summed E-state index contributed by atoms with van der Waals surface area (Å²) >= 11 is 6.31. The maximum atomic E-state index is 13.7. The van der Waals surface area contributed by atoms with Crippen molar-refractivity contribution in [3.63, 3.8) is 0 Å². The maximum absolute atomic E-state index is 13.7. The van der Waals surface area contributed by atoms with Gasteiger partial charge in [0, 0.05) is 17.5 Å². The third-order valence-corrected chi connectivity index (χ3v) is 7.35. The number of nitrogens with zero attached hydrogens (tertiary/aromatic N) is 3. The van der Waals surface area contributed by atoms with Crippen LogP contribution in [0.5, 0.6) is 17.4 Å². The Morgan fingerprint density at radius 3 is 2.38 bits per heavy atom. The van der Waals surface area contributed by atoms with Crippen molar-refractivity contribution in [2.24, 2.45) is 5.92 Å². The van der Waals surface area contributed by atoms with Gasteiger partial charge in [0.25, 0.3) is 0 Å². The zero-order chi connectivity index (χ0) is 27.4. The first-order valence-corrected chi connectivity index (χ1v) is 13.5. The van der Waals surface area contributed by atoms with Crippen LogP contribution < -0.4 is 9.47 Å². The van der Waals surface area contributed by atoms with Gasteiger partial charge in [-0.25, -0.2) is 9.07 Å². The van der Waals surface area contributed by atoms with Crippen molar-refractivity contribution in [1.82, 2.24) is 14.7 Å². The molecule has 6 nitrogen and oxygen atoms in total. The fourth-order valence-corrected chi connectivity index (χ4v) is 5.19. The van der Waals surface area contributed by atoms with Gasteiger partial charge in [-0.1, -0.05) is 42.6 Å². The van der Waals surface area contributed by atoms with E-state index in [0.29, 0.717) is 29.7 Å². The summed E-state index contributed by atoms with van der Waals surface area (Å²) in [6.07, 6.45) is 3.88. The fraction of sp³-hybridized carbons (Fsp3) is 0.290. The minimum atomic E-state index is -0.304. The third kappa shape index (κ3) is 6.25. The molecule has 8 heteroatoms. The Bertz CT molecular complexity index is 1430. The highest BCUT2D eigenvalue weighted by atomic mass is 35.5. The van der Waals surface area contributed by atoms with Crippen LogP contribution in [0.15, 0.2) is 72.8 Å². The van der Waals surface area contributed by atoms with Crippen LogP contribution in [0.4, 0.5) is 4.39 Å². The standard InChI is InChI=1S/C31H31ClFN3O3/c1-21-29(20-35(30(37)23-6-3-4-7-23)19-22-10-12-25(33)13-11-22)31(39-28-16-14-27(38-2)15-17-28)36(34-21)26-9-5-8-24(32)18-26/h5,8-18,23H,3-4,6-7,19-20H2,1-2H3. The van der Waals surface area contributed by atoms with Gasteiger partial charge in [0.15, 0.2) is 0 Å². The molecule has 0 N–H and O–H groups in total. The summed E-state index contributed by atoms with van der Waals surface area (Å²) in [6, 6.07) is 21.0. The summed E-state index contributed by atoms with van der Waals surface area (Å²) < 4.78 is 27.1. The topological polar surface area (TPSA) is 56.6 Å². The Morgan fingerprint density at radius 1 is 1.03 bits per heavy atom. The van der Waals surface area contributed by atoms with E-state index in [0.717, 1.165) is 53.9 Å². The lowest BCUT2D eigenvalue weighted by atomic mass is 10.0. The van der Waals surface area contributed by atoms with Crippen LogP contribution in [0.3, 0.4) is 0 Å². The average molecular weight is 548 g/mol. The molecule has 1 aliphatic carbocycles. The van der Waals surface area contributed by atoms with E-state index in [1.165, 1.54) is 12.1 Å². The lowest BCUT2D eigenvalue weighted by Crippen LogP contribution is -2.34. The number of aromatic nitrogens is 2. The van der Waals surface area contributed by atoms with Gasteiger partial charge in [-0.05, 0) is 79.9 Å². The number of carbonyl (C=O) groups is 1. The maximum Gasteiger partial charge on any atom is 0.227 e. The van der Waals surface area contributed by atoms with Crippen LogP contribution in [0.2, 0.25) is 5.02 Å². The monoisotopic (exact) mass is 547 g/mol. The number of hydrogen-bond donors (Lipinski definition) is 0. The second kappa shape index (κ2) is 11.9. The fourth-order valence-electron chi connectivity index (χ4n) is 5.01. The summed E-state index contributed by atoms with van der Waals surface area (Å²) in [4.78, 5) is 15.6. The zero-order valence-corrected chi connectivity index (χ0v) is 22.8. The molecule has 4 aromatic rings. The highest BCUT2D eigenvalue weighted by molar-refractivity contribution is 6.30. The zero-order valence-electron chi connectivity index (χ0n) is 22.1. The van der Waals surface area contributed by atoms with Crippen LogP contribution in [-0.4, -0.2) is 27.7 Å². The molecule has 0 unspecified atom stereocenters. The quantitative estimate of drug-likeness (QED) is 0.218. The Balaban J connectivity index is 1.55. The van der Waals surface area contributed by atoms with Gasteiger partial charge in [-0.3, -0.25) is 4.79 Å². The van der Waals surface area contributed by atoms with E-state index in [1.807, 2.05) is 54.3 Å². The first kappa shape index (κ1) is 26.8.